The molecule has 0 spiro atoms. The largest absolute Gasteiger partial charge is 0.0955 e. The van der Waals surface area contributed by atoms with Crippen LogP contribution in [0.2, 0.25) is 0 Å². The fourth-order valence-corrected chi connectivity index (χ4v) is 9.44. The molecule has 0 nitrogen and oxygen atoms in total. The monoisotopic (exact) mass is 492 g/mol. The molecular formula is C37H48. The second kappa shape index (κ2) is 8.33. The highest BCUT2D eigenvalue weighted by Crippen LogP contribution is 2.70. The van der Waals surface area contributed by atoms with Gasteiger partial charge < -0.3 is 0 Å². The van der Waals surface area contributed by atoms with E-state index < -0.39 is 0 Å². The van der Waals surface area contributed by atoms with Gasteiger partial charge in [-0.15, -0.1) is 0 Å². The Morgan fingerprint density at radius 1 is 1.05 bits per heavy atom. The lowest BCUT2D eigenvalue weighted by Crippen LogP contribution is -2.52. The highest BCUT2D eigenvalue weighted by Gasteiger charge is 2.59. The fraction of sp³-hybridized carbons (Fsp3) is 0.514. The van der Waals surface area contributed by atoms with Crippen LogP contribution in [0, 0.1) is 23.2 Å². The Bertz CT molecular complexity index is 1350. The number of allylic oxidation sites excluding steroid dienone is 9. The van der Waals surface area contributed by atoms with Gasteiger partial charge in [0.1, 0.15) is 0 Å². The van der Waals surface area contributed by atoms with E-state index in [1.165, 1.54) is 63.0 Å². The lowest BCUT2D eigenvalue weighted by atomic mass is 9.41. The summed E-state index contributed by atoms with van der Waals surface area (Å²) >= 11 is 0. The molecule has 1 aromatic carbocycles. The molecule has 0 amide bonds. The van der Waals surface area contributed by atoms with E-state index in [2.05, 4.69) is 87.1 Å². The van der Waals surface area contributed by atoms with Crippen LogP contribution in [-0.4, -0.2) is 0 Å². The summed E-state index contributed by atoms with van der Waals surface area (Å²) < 4.78 is 0. The summed E-state index contributed by atoms with van der Waals surface area (Å²) in [5.41, 5.74) is 17.1. The fourth-order valence-electron chi connectivity index (χ4n) is 9.44. The van der Waals surface area contributed by atoms with E-state index in [4.69, 9.17) is 13.2 Å². The highest BCUT2D eigenvalue weighted by atomic mass is 14.6. The van der Waals surface area contributed by atoms with Gasteiger partial charge in [-0.1, -0.05) is 89.3 Å². The van der Waals surface area contributed by atoms with Crippen LogP contribution < -0.4 is 0 Å². The molecule has 0 saturated carbocycles. The van der Waals surface area contributed by atoms with Crippen molar-refractivity contribution in [2.24, 2.45) is 16.2 Å². The third-order valence-electron chi connectivity index (χ3n) is 11.1. The molecule has 5 rings (SSSR count). The predicted molar refractivity (Wildman–Crippen MR) is 162 cm³/mol. The van der Waals surface area contributed by atoms with Crippen LogP contribution in [0.1, 0.15) is 121 Å². The van der Waals surface area contributed by atoms with Gasteiger partial charge in [0.05, 0.1) is 0 Å². The molecule has 0 aliphatic heterocycles. The summed E-state index contributed by atoms with van der Waals surface area (Å²) in [6.45, 7) is 35.6. The lowest BCUT2D eigenvalue weighted by Gasteiger charge is -2.62. The summed E-state index contributed by atoms with van der Waals surface area (Å²) in [4.78, 5) is 0. The van der Waals surface area contributed by atoms with Gasteiger partial charge in [-0.3, -0.25) is 0 Å². The van der Waals surface area contributed by atoms with Crippen molar-refractivity contribution < 1.29 is 0 Å². The molecular weight excluding hydrogens is 444 g/mol. The Hall–Kier alpha value is -2.34. The van der Waals surface area contributed by atoms with Gasteiger partial charge in [0.25, 0.3) is 0 Å². The topological polar surface area (TPSA) is 0 Å². The summed E-state index contributed by atoms with van der Waals surface area (Å²) in [5.74, 6) is 1.04. The van der Waals surface area contributed by atoms with E-state index in [-0.39, 0.29) is 16.2 Å². The van der Waals surface area contributed by atoms with Crippen LogP contribution in [0.15, 0.2) is 71.4 Å². The Morgan fingerprint density at radius 3 is 2.30 bits per heavy atom. The minimum absolute atomic E-state index is 0.0779. The first-order chi connectivity index (χ1) is 17.2. The van der Waals surface area contributed by atoms with Gasteiger partial charge in [0.15, 0.2) is 0 Å². The molecule has 1 aromatic rings. The van der Waals surface area contributed by atoms with Crippen molar-refractivity contribution in [2.45, 2.75) is 106 Å². The third kappa shape index (κ3) is 3.40. The van der Waals surface area contributed by atoms with Crippen LogP contribution >= 0.6 is 0 Å². The molecule has 0 heterocycles. The second-order valence-corrected chi connectivity index (χ2v) is 14.0. The Kier molecular flexibility index (Phi) is 5.91. The van der Waals surface area contributed by atoms with Crippen molar-refractivity contribution in [1.29, 1.82) is 0 Å². The quantitative estimate of drug-likeness (QED) is 0.368. The Balaban J connectivity index is 1.78. The average molecular weight is 493 g/mol. The van der Waals surface area contributed by atoms with Gasteiger partial charge in [0, 0.05) is 11.3 Å². The third-order valence-corrected chi connectivity index (χ3v) is 11.1. The van der Waals surface area contributed by atoms with E-state index in [0.29, 0.717) is 11.8 Å². The first-order valence-electron chi connectivity index (χ1n) is 14.5. The molecule has 0 heteroatoms. The first-order valence-corrected chi connectivity index (χ1v) is 14.5. The van der Waals surface area contributed by atoms with E-state index in [9.17, 15) is 0 Å². The Labute approximate surface area is 227 Å². The van der Waals surface area contributed by atoms with Crippen molar-refractivity contribution in [2.75, 3.05) is 0 Å². The van der Waals surface area contributed by atoms with Crippen LogP contribution in [-0.2, 0) is 6.42 Å². The summed E-state index contributed by atoms with van der Waals surface area (Å²) in [6.07, 6.45) is 10.6. The molecule has 0 fully saturated rings. The van der Waals surface area contributed by atoms with Crippen LogP contribution in [0.4, 0.5) is 0 Å². The molecule has 37 heavy (non-hydrogen) atoms. The van der Waals surface area contributed by atoms with Crippen molar-refractivity contribution in [1.82, 2.24) is 0 Å². The van der Waals surface area contributed by atoms with E-state index >= 15 is 0 Å². The van der Waals surface area contributed by atoms with E-state index in [1.807, 2.05) is 0 Å². The molecule has 0 aromatic heterocycles. The standard InChI is InChI=1S/C37H48/c1-21(2)29-17-30(28-15-13-14-16-28)24(6)33-25(7)34-27(9)37(12)26(8)32(22(3)4)23(5)18-36(37,11)20-35(34,10)19-31(29)33/h13,15,17,21,28H,3,7-8,14,16,18-20H2,1-2,4-6,9-12H3/t28?,35-,36+,37-/m1/s1. The van der Waals surface area contributed by atoms with Crippen molar-refractivity contribution in [3.05, 3.63) is 99.2 Å². The normalized spacial score (nSPS) is 33.2. The molecule has 0 N–H and O–H groups in total. The molecule has 0 radical (unpaired) electrons. The number of hydrogen-bond acceptors (Lipinski definition) is 0. The number of benzene rings is 1. The van der Waals surface area contributed by atoms with Gasteiger partial charge in [-0.2, -0.15) is 0 Å². The molecule has 0 bridgehead atoms. The predicted octanol–water partition coefficient (Wildman–Crippen LogP) is 10.7. The molecule has 1 unspecified atom stereocenters. The molecule has 196 valence electrons. The van der Waals surface area contributed by atoms with Crippen molar-refractivity contribution >= 4 is 5.57 Å². The van der Waals surface area contributed by atoms with E-state index in [0.717, 1.165) is 24.8 Å². The van der Waals surface area contributed by atoms with Crippen LogP contribution in [0.5, 0.6) is 0 Å². The van der Waals surface area contributed by atoms with Gasteiger partial charge in [-0.05, 0) is 127 Å². The van der Waals surface area contributed by atoms with Crippen LogP contribution in [0.3, 0.4) is 0 Å². The number of hydrogen-bond donors (Lipinski definition) is 0. The maximum atomic E-state index is 4.91. The molecule has 0 saturated heterocycles. The maximum absolute atomic E-state index is 4.91. The molecule has 4 aliphatic carbocycles. The molecule has 4 aliphatic rings. The zero-order valence-electron chi connectivity index (χ0n) is 25.0. The average Bonchev–Trinajstić information content (AvgIpc) is 3.30. The van der Waals surface area contributed by atoms with E-state index in [1.54, 1.807) is 11.1 Å². The lowest BCUT2D eigenvalue weighted by molar-refractivity contribution is 0.0543. The summed E-state index contributed by atoms with van der Waals surface area (Å²) in [5, 5.41) is 0. The summed E-state index contributed by atoms with van der Waals surface area (Å²) in [6, 6.07) is 2.57. The SMILES string of the molecule is C=C(C)C1=C(C)C[C@@]2(C)C[C@@]3(C)Cc4c(C(C)C)cc(C5C=CCC5)c(C)c4C(=C)C3=C(C)[C@@]2(C)C1=C. The first kappa shape index (κ1) is 26.3. The minimum atomic E-state index is -0.101. The summed E-state index contributed by atoms with van der Waals surface area (Å²) in [7, 11) is 0. The second-order valence-electron chi connectivity index (χ2n) is 14.0. The van der Waals surface area contributed by atoms with Crippen molar-refractivity contribution in [3.63, 3.8) is 0 Å². The number of fused-ring (bicyclic) bond motifs is 3. The Morgan fingerprint density at radius 2 is 1.73 bits per heavy atom. The molecule has 4 atom stereocenters. The van der Waals surface area contributed by atoms with Gasteiger partial charge in [0.2, 0.25) is 0 Å². The highest BCUT2D eigenvalue weighted by molar-refractivity contribution is 5.88. The number of rotatable bonds is 3. The zero-order valence-corrected chi connectivity index (χ0v) is 25.0. The van der Waals surface area contributed by atoms with Crippen molar-refractivity contribution in [3.8, 4) is 0 Å². The van der Waals surface area contributed by atoms with Gasteiger partial charge in [-0.25, -0.2) is 0 Å². The maximum Gasteiger partial charge on any atom is 0.0194 e. The minimum Gasteiger partial charge on any atom is -0.0955 e. The van der Waals surface area contributed by atoms with Gasteiger partial charge >= 0.3 is 0 Å². The zero-order chi connectivity index (χ0) is 27.2. The van der Waals surface area contributed by atoms with Crippen LogP contribution in [0.25, 0.3) is 5.57 Å². The smallest absolute Gasteiger partial charge is 0.0194 e.